The minimum Gasteiger partial charge on any atom is -0.483 e. The summed E-state index contributed by atoms with van der Waals surface area (Å²) in [5, 5.41) is 3.16. The number of ketones is 1. The molecule has 2 atom stereocenters. The summed E-state index contributed by atoms with van der Waals surface area (Å²) in [7, 11) is 1.58. The molecule has 0 aliphatic heterocycles. The van der Waals surface area contributed by atoms with Gasteiger partial charge in [0, 0.05) is 12.0 Å². The van der Waals surface area contributed by atoms with Gasteiger partial charge in [0.25, 0.3) is 0 Å². The molecular formula is C11H19NO2. The molecule has 0 spiro atoms. The van der Waals surface area contributed by atoms with Gasteiger partial charge < -0.3 is 10.1 Å². The Labute approximate surface area is 85.5 Å². The highest BCUT2D eigenvalue weighted by atomic mass is 16.5. The summed E-state index contributed by atoms with van der Waals surface area (Å²) >= 11 is 0. The van der Waals surface area contributed by atoms with E-state index in [2.05, 4.69) is 11.9 Å². The quantitative estimate of drug-likeness (QED) is 0.699. The summed E-state index contributed by atoms with van der Waals surface area (Å²) < 4.78 is 4.96. The summed E-state index contributed by atoms with van der Waals surface area (Å²) in [4.78, 5) is 11.4. The summed E-state index contributed by atoms with van der Waals surface area (Å²) in [6.07, 6.45) is 4.36. The lowest BCUT2D eigenvalue weighted by molar-refractivity contribution is -0.122. The maximum atomic E-state index is 11.4. The molecule has 0 aromatic carbocycles. The standard InChI is InChI=1S/C11H19NO2/c1-8(13)10-6-4-5-7-11(10)12-9(2)14-3/h10-12H,2,4-7H2,1,3H3/t10-,11+/m0/s1. The number of ether oxygens (including phenoxy) is 1. The monoisotopic (exact) mass is 197 g/mol. The summed E-state index contributed by atoms with van der Waals surface area (Å²) in [6, 6.07) is 0.216. The minimum absolute atomic E-state index is 0.135. The molecule has 0 unspecified atom stereocenters. The van der Waals surface area contributed by atoms with Crippen LogP contribution in [0, 0.1) is 5.92 Å². The number of rotatable bonds is 4. The van der Waals surface area contributed by atoms with Gasteiger partial charge in [-0.05, 0) is 26.3 Å². The van der Waals surface area contributed by atoms with E-state index in [1.165, 1.54) is 6.42 Å². The minimum atomic E-state index is 0.135. The average Bonchev–Trinajstić information content (AvgIpc) is 2.18. The molecule has 0 aromatic rings. The predicted octanol–water partition coefficient (Wildman–Crippen LogP) is 1.84. The van der Waals surface area contributed by atoms with Gasteiger partial charge in [0.1, 0.15) is 5.78 Å². The molecular weight excluding hydrogens is 178 g/mol. The number of hydrogen-bond donors (Lipinski definition) is 1. The predicted molar refractivity (Wildman–Crippen MR) is 55.7 cm³/mol. The van der Waals surface area contributed by atoms with E-state index in [-0.39, 0.29) is 17.7 Å². The van der Waals surface area contributed by atoms with Crippen LogP contribution in [0.3, 0.4) is 0 Å². The molecule has 0 radical (unpaired) electrons. The Kier molecular flexibility index (Phi) is 3.98. The molecule has 0 heterocycles. The fraction of sp³-hybridized carbons (Fsp3) is 0.727. The van der Waals surface area contributed by atoms with Crippen LogP contribution >= 0.6 is 0 Å². The van der Waals surface area contributed by atoms with Crippen molar-refractivity contribution in [3.05, 3.63) is 12.5 Å². The molecule has 1 aliphatic rings. The molecule has 3 heteroatoms. The number of carbonyl (C=O) groups excluding carboxylic acids is 1. The second-order valence-electron chi connectivity index (χ2n) is 3.88. The van der Waals surface area contributed by atoms with Gasteiger partial charge in [0.15, 0.2) is 5.88 Å². The van der Waals surface area contributed by atoms with Crippen LogP contribution in [0.25, 0.3) is 0 Å². The zero-order valence-electron chi connectivity index (χ0n) is 9.01. The van der Waals surface area contributed by atoms with Crippen LogP contribution in [0.4, 0.5) is 0 Å². The highest BCUT2D eigenvalue weighted by molar-refractivity contribution is 5.79. The lowest BCUT2D eigenvalue weighted by atomic mass is 9.82. The third kappa shape index (κ3) is 2.76. The molecule has 1 aliphatic carbocycles. The molecule has 1 fully saturated rings. The van der Waals surface area contributed by atoms with Crippen LogP contribution in [0.5, 0.6) is 0 Å². The van der Waals surface area contributed by atoms with Crippen molar-refractivity contribution in [2.45, 2.75) is 38.6 Å². The van der Waals surface area contributed by atoms with Gasteiger partial charge in [-0.15, -0.1) is 0 Å². The van der Waals surface area contributed by atoms with Crippen LogP contribution < -0.4 is 5.32 Å². The molecule has 0 amide bonds. The van der Waals surface area contributed by atoms with Crippen molar-refractivity contribution in [2.24, 2.45) is 5.92 Å². The zero-order valence-corrected chi connectivity index (χ0v) is 9.01. The first-order valence-electron chi connectivity index (χ1n) is 5.15. The Morgan fingerprint density at radius 1 is 1.43 bits per heavy atom. The number of methoxy groups -OCH3 is 1. The zero-order chi connectivity index (χ0) is 10.6. The third-order valence-corrected chi connectivity index (χ3v) is 2.88. The molecule has 1 saturated carbocycles. The van der Waals surface area contributed by atoms with Gasteiger partial charge in [-0.25, -0.2) is 0 Å². The first kappa shape index (κ1) is 11.1. The van der Waals surface area contributed by atoms with Crippen LogP contribution in [0.2, 0.25) is 0 Å². The summed E-state index contributed by atoms with van der Waals surface area (Å²) in [5.74, 6) is 0.963. The van der Waals surface area contributed by atoms with E-state index >= 15 is 0 Å². The molecule has 1 N–H and O–H groups in total. The van der Waals surface area contributed by atoms with E-state index in [1.807, 2.05) is 0 Å². The Hall–Kier alpha value is -0.990. The van der Waals surface area contributed by atoms with Crippen LogP contribution in [-0.4, -0.2) is 18.9 Å². The maximum Gasteiger partial charge on any atom is 0.179 e. The van der Waals surface area contributed by atoms with Gasteiger partial charge in [0.05, 0.1) is 7.11 Å². The molecule has 0 aromatic heterocycles. The van der Waals surface area contributed by atoms with Gasteiger partial charge in [-0.1, -0.05) is 12.8 Å². The van der Waals surface area contributed by atoms with Crippen LogP contribution in [0.1, 0.15) is 32.6 Å². The van der Waals surface area contributed by atoms with E-state index in [0.717, 1.165) is 19.3 Å². The van der Waals surface area contributed by atoms with E-state index in [9.17, 15) is 4.79 Å². The van der Waals surface area contributed by atoms with Crippen molar-refractivity contribution < 1.29 is 9.53 Å². The highest BCUT2D eigenvalue weighted by Gasteiger charge is 2.28. The van der Waals surface area contributed by atoms with Crippen molar-refractivity contribution in [2.75, 3.05) is 7.11 Å². The second-order valence-corrected chi connectivity index (χ2v) is 3.88. The largest absolute Gasteiger partial charge is 0.483 e. The number of hydrogen-bond acceptors (Lipinski definition) is 3. The SMILES string of the molecule is C=C(N[C@@H]1CCCC[C@H]1C(C)=O)OC. The summed E-state index contributed by atoms with van der Waals surface area (Å²) in [5.41, 5.74) is 0. The van der Waals surface area contributed by atoms with Gasteiger partial charge in [0.2, 0.25) is 0 Å². The van der Waals surface area contributed by atoms with Crippen molar-refractivity contribution in [3.8, 4) is 0 Å². The average molecular weight is 197 g/mol. The second kappa shape index (κ2) is 5.03. The van der Waals surface area contributed by atoms with Gasteiger partial charge in [-0.2, -0.15) is 0 Å². The maximum absolute atomic E-state index is 11.4. The molecule has 80 valence electrons. The molecule has 0 saturated heterocycles. The van der Waals surface area contributed by atoms with E-state index < -0.39 is 0 Å². The summed E-state index contributed by atoms with van der Waals surface area (Å²) in [6.45, 7) is 5.38. The normalized spacial score (nSPS) is 26.7. The number of Topliss-reactive ketones (excluding diaryl/α,β-unsaturated/α-hetero) is 1. The number of nitrogens with one attached hydrogen (secondary N) is 1. The van der Waals surface area contributed by atoms with Crippen LogP contribution in [0.15, 0.2) is 12.5 Å². The fourth-order valence-corrected chi connectivity index (χ4v) is 2.06. The highest BCUT2D eigenvalue weighted by Crippen LogP contribution is 2.25. The van der Waals surface area contributed by atoms with E-state index in [0.29, 0.717) is 5.88 Å². The van der Waals surface area contributed by atoms with E-state index in [1.54, 1.807) is 14.0 Å². The Balaban J connectivity index is 2.54. The molecule has 3 nitrogen and oxygen atoms in total. The lowest BCUT2D eigenvalue weighted by Gasteiger charge is -2.31. The fourth-order valence-electron chi connectivity index (χ4n) is 2.06. The molecule has 0 bridgehead atoms. The van der Waals surface area contributed by atoms with E-state index in [4.69, 9.17) is 4.74 Å². The Morgan fingerprint density at radius 2 is 2.07 bits per heavy atom. The topological polar surface area (TPSA) is 38.3 Å². The van der Waals surface area contributed by atoms with Crippen molar-refractivity contribution >= 4 is 5.78 Å². The van der Waals surface area contributed by atoms with Crippen molar-refractivity contribution in [1.29, 1.82) is 0 Å². The third-order valence-electron chi connectivity index (χ3n) is 2.88. The first-order valence-corrected chi connectivity index (χ1v) is 5.15. The molecule has 1 rings (SSSR count). The number of carbonyl (C=O) groups is 1. The van der Waals surface area contributed by atoms with Crippen molar-refractivity contribution in [1.82, 2.24) is 5.32 Å². The Morgan fingerprint density at radius 3 is 2.64 bits per heavy atom. The van der Waals surface area contributed by atoms with Gasteiger partial charge in [-0.3, -0.25) is 4.79 Å². The van der Waals surface area contributed by atoms with Crippen molar-refractivity contribution in [3.63, 3.8) is 0 Å². The lowest BCUT2D eigenvalue weighted by Crippen LogP contribution is -2.41. The van der Waals surface area contributed by atoms with Crippen LogP contribution in [-0.2, 0) is 9.53 Å². The first-order chi connectivity index (χ1) is 6.65. The smallest absolute Gasteiger partial charge is 0.179 e. The Bertz CT molecular complexity index is 225. The molecule has 14 heavy (non-hydrogen) atoms. The van der Waals surface area contributed by atoms with Gasteiger partial charge >= 0.3 is 0 Å².